The standard InChI is InChI=1S/C8H17NS/c1-3-4-8-6-10-7(2)5-9-8/h7-9H,3-6H2,1-2H3. The third kappa shape index (κ3) is 2.51. The molecular weight excluding hydrogens is 142 g/mol. The van der Waals surface area contributed by atoms with E-state index in [1.54, 1.807) is 0 Å². The van der Waals surface area contributed by atoms with E-state index in [0.29, 0.717) is 0 Å². The Bertz CT molecular complexity index is 87.3. The molecule has 0 amide bonds. The first-order chi connectivity index (χ1) is 4.83. The van der Waals surface area contributed by atoms with E-state index in [1.807, 2.05) is 0 Å². The molecule has 1 N–H and O–H groups in total. The van der Waals surface area contributed by atoms with Crippen molar-refractivity contribution in [3.63, 3.8) is 0 Å². The Balaban J connectivity index is 2.13. The lowest BCUT2D eigenvalue weighted by atomic mass is 10.2. The van der Waals surface area contributed by atoms with Crippen LogP contribution >= 0.6 is 11.8 Å². The molecule has 2 atom stereocenters. The van der Waals surface area contributed by atoms with Crippen LogP contribution in [0, 0.1) is 0 Å². The second-order valence-corrected chi connectivity index (χ2v) is 4.51. The van der Waals surface area contributed by atoms with Crippen molar-refractivity contribution in [1.29, 1.82) is 0 Å². The molecule has 0 radical (unpaired) electrons. The van der Waals surface area contributed by atoms with Crippen LogP contribution in [0.1, 0.15) is 26.7 Å². The van der Waals surface area contributed by atoms with Crippen molar-refractivity contribution in [2.24, 2.45) is 0 Å². The van der Waals surface area contributed by atoms with E-state index in [-0.39, 0.29) is 0 Å². The number of hydrogen-bond acceptors (Lipinski definition) is 2. The predicted octanol–water partition coefficient (Wildman–Crippen LogP) is 1.88. The molecule has 0 spiro atoms. The summed E-state index contributed by atoms with van der Waals surface area (Å²) in [5.41, 5.74) is 0. The Morgan fingerprint density at radius 3 is 2.90 bits per heavy atom. The van der Waals surface area contributed by atoms with Crippen LogP contribution in [0.3, 0.4) is 0 Å². The van der Waals surface area contributed by atoms with Crippen LogP contribution in [-0.2, 0) is 0 Å². The van der Waals surface area contributed by atoms with Gasteiger partial charge < -0.3 is 5.32 Å². The molecule has 1 rings (SSSR count). The largest absolute Gasteiger partial charge is 0.312 e. The zero-order valence-electron chi connectivity index (χ0n) is 6.89. The van der Waals surface area contributed by atoms with Crippen LogP contribution < -0.4 is 5.32 Å². The monoisotopic (exact) mass is 159 g/mol. The van der Waals surface area contributed by atoms with Gasteiger partial charge in [-0.1, -0.05) is 20.3 Å². The van der Waals surface area contributed by atoms with Gasteiger partial charge in [0.15, 0.2) is 0 Å². The summed E-state index contributed by atoms with van der Waals surface area (Å²) in [5.74, 6) is 1.31. The van der Waals surface area contributed by atoms with Gasteiger partial charge in [0.25, 0.3) is 0 Å². The molecule has 0 bridgehead atoms. The minimum atomic E-state index is 0.797. The molecule has 0 aromatic rings. The van der Waals surface area contributed by atoms with Gasteiger partial charge in [-0.15, -0.1) is 0 Å². The van der Waals surface area contributed by atoms with E-state index < -0.39 is 0 Å². The molecule has 1 fully saturated rings. The molecule has 0 aliphatic carbocycles. The highest BCUT2D eigenvalue weighted by molar-refractivity contribution is 8.00. The summed E-state index contributed by atoms with van der Waals surface area (Å²) in [6.07, 6.45) is 2.66. The van der Waals surface area contributed by atoms with Crippen molar-refractivity contribution in [3.8, 4) is 0 Å². The van der Waals surface area contributed by atoms with Crippen LogP contribution in [0.25, 0.3) is 0 Å². The Kier molecular flexibility index (Phi) is 3.57. The SMILES string of the molecule is CCCC1CSC(C)CN1. The summed E-state index contributed by atoms with van der Waals surface area (Å²) in [4.78, 5) is 0. The number of hydrogen-bond donors (Lipinski definition) is 1. The summed E-state index contributed by atoms with van der Waals surface area (Å²) >= 11 is 2.10. The zero-order valence-corrected chi connectivity index (χ0v) is 7.71. The van der Waals surface area contributed by atoms with Gasteiger partial charge in [0.05, 0.1) is 0 Å². The quantitative estimate of drug-likeness (QED) is 0.660. The first-order valence-corrected chi connectivity index (χ1v) is 5.22. The molecule has 1 aliphatic rings. The molecule has 0 aromatic carbocycles. The number of thioether (sulfide) groups is 1. The molecule has 0 aromatic heterocycles. The average molecular weight is 159 g/mol. The fourth-order valence-electron chi connectivity index (χ4n) is 1.26. The van der Waals surface area contributed by atoms with E-state index in [2.05, 4.69) is 30.9 Å². The van der Waals surface area contributed by atoms with Crippen molar-refractivity contribution in [3.05, 3.63) is 0 Å². The predicted molar refractivity (Wildman–Crippen MR) is 48.6 cm³/mol. The summed E-state index contributed by atoms with van der Waals surface area (Å²) in [6, 6.07) is 0.797. The van der Waals surface area contributed by atoms with Crippen LogP contribution in [0.5, 0.6) is 0 Å². The Labute approximate surface area is 68.0 Å². The van der Waals surface area contributed by atoms with Gasteiger partial charge >= 0.3 is 0 Å². The van der Waals surface area contributed by atoms with Crippen LogP contribution in [-0.4, -0.2) is 23.6 Å². The maximum absolute atomic E-state index is 3.55. The van der Waals surface area contributed by atoms with Crippen molar-refractivity contribution in [2.75, 3.05) is 12.3 Å². The third-order valence-electron chi connectivity index (χ3n) is 1.91. The zero-order chi connectivity index (χ0) is 7.40. The Hall–Kier alpha value is 0.310. The van der Waals surface area contributed by atoms with E-state index >= 15 is 0 Å². The molecule has 2 heteroatoms. The third-order valence-corrected chi connectivity index (χ3v) is 3.24. The molecule has 1 nitrogen and oxygen atoms in total. The van der Waals surface area contributed by atoms with Gasteiger partial charge in [0.1, 0.15) is 0 Å². The number of nitrogens with one attached hydrogen (secondary N) is 1. The molecule has 0 saturated carbocycles. The van der Waals surface area contributed by atoms with Crippen LogP contribution in [0.15, 0.2) is 0 Å². The first kappa shape index (κ1) is 8.41. The fourth-order valence-corrected chi connectivity index (χ4v) is 2.32. The van der Waals surface area contributed by atoms with Crippen molar-refractivity contribution < 1.29 is 0 Å². The van der Waals surface area contributed by atoms with Gasteiger partial charge in [0, 0.05) is 23.6 Å². The highest BCUT2D eigenvalue weighted by atomic mass is 32.2. The topological polar surface area (TPSA) is 12.0 Å². The van der Waals surface area contributed by atoms with Crippen molar-refractivity contribution in [1.82, 2.24) is 5.32 Å². The molecule has 60 valence electrons. The Morgan fingerprint density at radius 2 is 2.40 bits per heavy atom. The molecule has 1 heterocycles. The van der Waals surface area contributed by atoms with Crippen LogP contribution in [0.2, 0.25) is 0 Å². The first-order valence-electron chi connectivity index (χ1n) is 4.18. The fraction of sp³-hybridized carbons (Fsp3) is 1.00. The second-order valence-electron chi connectivity index (χ2n) is 3.04. The van der Waals surface area contributed by atoms with Gasteiger partial charge in [-0.25, -0.2) is 0 Å². The van der Waals surface area contributed by atoms with Crippen molar-refractivity contribution >= 4 is 11.8 Å². The lowest BCUT2D eigenvalue weighted by Crippen LogP contribution is -2.40. The smallest absolute Gasteiger partial charge is 0.0158 e. The summed E-state index contributed by atoms with van der Waals surface area (Å²) in [5, 5.41) is 4.38. The summed E-state index contributed by atoms with van der Waals surface area (Å²) < 4.78 is 0. The van der Waals surface area contributed by atoms with E-state index in [9.17, 15) is 0 Å². The lowest BCUT2D eigenvalue weighted by molar-refractivity contribution is 0.504. The van der Waals surface area contributed by atoms with E-state index in [4.69, 9.17) is 0 Å². The van der Waals surface area contributed by atoms with Crippen LogP contribution in [0.4, 0.5) is 0 Å². The minimum Gasteiger partial charge on any atom is -0.312 e. The lowest BCUT2D eigenvalue weighted by Gasteiger charge is -2.26. The molecule has 1 saturated heterocycles. The van der Waals surface area contributed by atoms with E-state index in [0.717, 1.165) is 11.3 Å². The minimum absolute atomic E-state index is 0.797. The maximum Gasteiger partial charge on any atom is 0.0158 e. The average Bonchev–Trinajstić information content (AvgIpc) is 1.95. The highest BCUT2D eigenvalue weighted by Crippen LogP contribution is 2.17. The number of rotatable bonds is 2. The second kappa shape index (κ2) is 4.24. The maximum atomic E-state index is 3.55. The van der Waals surface area contributed by atoms with Crippen molar-refractivity contribution in [2.45, 2.75) is 38.0 Å². The Morgan fingerprint density at radius 1 is 1.60 bits per heavy atom. The van der Waals surface area contributed by atoms with Gasteiger partial charge in [-0.2, -0.15) is 11.8 Å². The highest BCUT2D eigenvalue weighted by Gasteiger charge is 2.15. The molecule has 1 aliphatic heterocycles. The van der Waals surface area contributed by atoms with Gasteiger partial charge in [-0.05, 0) is 6.42 Å². The molecular formula is C8H17NS. The van der Waals surface area contributed by atoms with E-state index in [1.165, 1.54) is 25.1 Å². The normalized spacial score (nSPS) is 34.2. The summed E-state index contributed by atoms with van der Waals surface area (Å²) in [6.45, 7) is 5.75. The van der Waals surface area contributed by atoms with Gasteiger partial charge in [0.2, 0.25) is 0 Å². The summed E-state index contributed by atoms with van der Waals surface area (Å²) in [7, 11) is 0. The molecule has 10 heavy (non-hydrogen) atoms. The van der Waals surface area contributed by atoms with Gasteiger partial charge in [-0.3, -0.25) is 0 Å². The molecule has 2 unspecified atom stereocenters.